The van der Waals surface area contributed by atoms with E-state index in [9.17, 15) is 0 Å². The van der Waals surface area contributed by atoms with Gasteiger partial charge in [0.2, 0.25) is 0 Å². The van der Waals surface area contributed by atoms with Crippen LogP contribution in [0.3, 0.4) is 0 Å². The Bertz CT molecular complexity index is 574. The fourth-order valence-corrected chi connectivity index (χ4v) is 2.54. The van der Waals surface area contributed by atoms with Gasteiger partial charge in [0.05, 0.1) is 5.69 Å². The molecule has 1 unspecified atom stereocenters. The molecule has 1 heterocycles. The number of hydrogen-bond donors (Lipinski definition) is 1. The van der Waals surface area contributed by atoms with Crippen molar-refractivity contribution in [2.45, 2.75) is 26.2 Å². The van der Waals surface area contributed by atoms with Gasteiger partial charge in [0, 0.05) is 10.4 Å². The summed E-state index contributed by atoms with van der Waals surface area (Å²) < 4.78 is 6.69. The molecule has 2 aromatic rings. The van der Waals surface area contributed by atoms with Crippen molar-refractivity contribution in [2.24, 2.45) is 5.41 Å². The molecular weight excluding hydrogens is 268 g/mol. The number of rotatable bonds is 1. The number of halogens is 1. The second kappa shape index (κ2) is 3.00. The lowest BCUT2D eigenvalue weighted by Gasteiger charge is -1.97. The molecule has 1 aromatic heterocycles. The molecule has 2 N–H and O–H groups in total. The Morgan fingerprint density at radius 3 is 2.81 bits per heavy atom. The fraction of sp³-hybridized carbons (Fsp3) is 0.417. The Kier molecular flexibility index (Phi) is 1.90. The largest absolute Gasteiger partial charge is 0.438 e. The lowest BCUT2D eigenvalue weighted by atomic mass is 10.1. The normalized spacial score (nSPS) is 22.6. The van der Waals surface area contributed by atoms with E-state index in [1.807, 2.05) is 12.1 Å². The molecule has 0 radical (unpaired) electrons. The molecule has 84 valence electrons. The van der Waals surface area contributed by atoms with E-state index in [0.29, 0.717) is 22.6 Å². The number of nitrogens with zero attached hydrogens (tertiary/aromatic N) is 1. The third-order valence-electron chi connectivity index (χ3n) is 3.31. The Morgan fingerprint density at radius 2 is 2.19 bits per heavy atom. The molecule has 0 saturated heterocycles. The first-order valence-electron chi connectivity index (χ1n) is 5.33. The van der Waals surface area contributed by atoms with E-state index in [4.69, 9.17) is 10.2 Å². The number of nitrogens with two attached hydrogens (primary N) is 1. The molecule has 1 fully saturated rings. The average Bonchev–Trinajstić information content (AvgIpc) is 2.64. The number of oxazole rings is 1. The fourth-order valence-electron chi connectivity index (χ4n) is 2.08. The molecule has 1 aromatic carbocycles. The average molecular weight is 281 g/mol. The number of benzene rings is 1. The van der Waals surface area contributed by atoms with Crippen LogP contribution in [0.25, 0.3) is 11.1 Å². The Balaban J connectivity index is 2.13. The van der Waals surface area contributed by atoms with Crippen molar-refractivity contribution in [3.05, 3.63) is 22.5 Å². The van der Waals surface area contributed by atoms with Crippen LogP contribution in [0.4, 0.5) is 5.69 Å². The highest BCUT2D eigenvalue weighted by Gasteiger charge is 2.49. The van der Waals surface area contributed by atoms with Gasteiger partial charge in [0.1, 0.15) is 5.52 Å². The van der Waals surface area contributed by atoms with Gasteiger partial charge in [-0.2, -0.15) is 0 Å². The van der Waals surface area contributed by atoms with Crippen molar-refractivity contribution in [1.82, 2.24) is 4.98 Å². The van der Waals surface area contributed by atoms with Crippen LogP contribution in [0, 0.1) is 5.41 Å². The highest BCUT2D eigenvalue weighted by Crippen LogP contribution is 2.58. The summed E-state index contributed by atoms with van der Waals surface area (Å²) in [5, 5.41) is 0. The summed E-state index contributed by atoms with van der Waals surface area (Å²) in [5.74, 6) is 1.27. The first kappa shape index (κ1) is 10.1. The lowest BCUT2D eigenvalue weighted by molar-refractivity contribution is 0.494. The van der Waals surface area contributed by atoms with Gasteiger partial charge in [-0.25, -0.2) is 4.98 Å². The molecule has 1 aliphatic carbocycles. The SMILES string of the molecule is CC1(C)CC1c1nc2cc(Br)cc(N)c2o1. The minimum absolute atomic E-state index is 0.326. The highest BCUT2D eigenvalue weighted by atomic mass is 79.9. The van der Waals surface area contributed by atoms with E-state index >= 15 is 0 Å². The quantitative estimate of drug-likeness (QED) is 0.811. The summed E-state index contributed by atoms with van der Waals surface area (Å²) in [6.07, 6.45) is 1.14. The Hall–Kier alpha value is -1.03. The van der Waals surface area contributed by atoms with Gasteiger partial charge in [0.25, 0.3) is 0 Å². The summed E-state index contributed by atoms with van der Waals surface area (Å²) in [5.41, 5.74) is 8.41. The molecule has 1 saturated carbocycles. The molecule has 3 rings (SSSR count). The second-order valence-corrected chi connectivity index (χ2v) is 6.06. The predicted molar refractivity (Wildman–Crippen MR) is 67.3 cm³/mol. The Morgan fingerprint density at radius 1 is 1.50 bits per heavy atom. The van der Waals surface area contributed by atoms with Crippen LogP contribution >= 0.6 is 15.9 Å². The van der Waals surface area contributed by atoms with Crippen LogP contribution in [0.2, 0.25) is 0 Å². The Labute approximate surface area is 102 Å². The van der Waals surface area contributed by atoms with Crippen LogP contribution in [0.15, 0.2) is 21.0 Å². The van der Waals surface area contributed by atoms with Crippen molar-refractivity contribution < 1.29 is 4.42 Å². The molecular formula is C12H13BrN2O. The van der Waals surface area contributed by atoms with Crippen molar-refractivity contribution in [2.75, 3.05) is 5.73 Å². The first-order valence-corrected chi connectivity index (χ1v) is 6.12. The van der Waals surface area contributed by atoms with Crippen LogP contribution in [0.5, 0.6) is 0 Å². The molecule has 1 atom stereocenters. The lowest BCUT2D eigenvalue weighted by Crippen LogP contribution is -1.89. The summed E-state index contributed by atoms with van der Waals surface area (Å²) in [4.78, 5) is 4.52. The van der Waals surface area contributed by atoms with E-state index in [-0.39, 0.29) is 0 Å². The molecule has 4 heteroatoms. The van der Waals surface area contributed by atoms with E-state index in [1.165, 1.54) is 0 Å². The number of anilines is 1. The first-order chi connectivity index (χ1) is 7.47. The van der Waals surface area contributed by atoms with Gasteiger partial charge in [-0.1, -0.05) is 29.8 Å². The zero-order valence-electron chi connectivity index (χ0n) is 9.25. The highest BCUT2D eigenvalue weighted by molar-refractivity contribution is 9.10. The third-order valence-corrected chi connectivity index (χ3v) is 3.77. The maximum atomic E-state index is 5.89. The van der Waals surface area contributed by atoms with Gasteiger partial charge >= 0.3 is 0 Å². The number of aromatic nitrogens is 1. The van der Waals surface area contributed by atoms with E-state index in [1.54, 1.807) is 0 Å². The van der Waals surface area contributed by atoms with Crippen LogP contribution in [-0.4, -0.2) is 4.98 Å². The molecule has 0 bridgehead atoms. The summed E-state index contributed by atoms with van der Waals surface area (Å²) in [6, 6.07) is 3.78. The summed E-state index contributed by atoms with van der Waals surface area (Å²) in [7, 11) is 0. The predicted octanol–water partition coefficient (Wildman–Crippen LogP) is 3.69. The summed E-state index contributed by atoms with van der Waals surface area (Å²) >= 11 is 3.41. The third kappa shape index (κ3) is 1.44. The maximum Gasteiger partial charge on any atom is 0.199 e. The molecule has 16 heavy (non-hydrogen) atoms. The topological polar surface area (TPSA) is 52.0 Å². The molecule has 0 aliphatic heterocycles. The van der Waals surface area contributed by atoms with E-state index < -0.39 is 0 Å². The van der Waals surface area contributed by atoms with Gasteiger partial charge in [-0.15, -0.1) is 0 Å². The minimum atomic E-state index is 0.326. The van der Waals surface area contributed by atoms with Crippen molar-refractivity contribution in [3.63, 3.8) is 0 Å². The van der Waals surface area contributed by atoms with E-state index in [0.717, 1.165) is 22.3 Å². The summed E-state index contributed by atoms with van der Waals surface area (Å²) in [6.45, 7) is 4.46. The van der Waals surface area contributed by atoms with Gasteiger partial charge < -0.3 is 10.2 Å². The van der Waals surface area contributed by atoms with Crippen molar-refractivity contribution in [1.29, 1.82) is 0 Å². The zero-order valence-corrected chi connectivity index (χ0v) is 10.8. The zero-order chi connectivity index (χ0) is 11.5. The van der Waals surface area contributed by atoms with Crippen LogP contribution in [0.1, 0.15) is 32.1 Å². The van der Waals surface area contributed by atoms with Crippen LogP contribution < -0.4 is 5.73 Å². The van der Waals surface area contributed by atoms with Gasteiger partial charge in [-0.3, -0.25) is 0 Å². The minimum Gasteiger partial charge on any atom is -0.438 e. The maximum absolute atomic E-state index is 5.89. The number of hydrogen-bond acceptors (Lipinski definition) is 3. The van der Waals surface area contributed by atoms with Crippen molar-refractivity contribution in [3.8, 4) is 0 Å². The van der Waals surface area contributed by atoms with Crippen LogP contribution in [-0.2, 0) is 0 Å². The molecule has 0 amide bonds. The molecule has 1 aliphatic rings. The molecule has 0 spiro atoms. The monoisotopic (exact) mass is 280 g/mol. The van der Waals surface area contributed by atoms with Crippen molar-refractivity contribution >= 4 is 32.7 Å². The number of fused-ring (bicyclic) bond motifs is 1. The smallest absolute Gasteiger partial charge is 0.199 e. The standard InChI is InChI=1S/C12H13BrN2O/c1-12(2)5-7(12)11-15-9-4-6(13)3-8(14)10(9)16-11/h3-4,7H,5,14H2,1-2H3. The number of nitrogen functional groups attached to an aromatic ring is 1. The van der Waals surface area contributed by atoms with Gasteiger partial charge in [0.15, 0.2) is 11.5 Å². The van der Waals surface area contributed by atoms with Gasteiger partial charge in [-0.05, 0) is 24.0 Å². The van der Waals surface area contributed by atoms with E-state index in [2.05, 4.69) is 34.8 Å². The second-order valence-electron chi connectivity index (χ2n) is 5.14. The molecule has 3 nitrogen and oxygen atoms in total.